The summed E-state index contributed by atoms with van der Waals surface area (Å²) in [4.78, 5) is 11.0. The number of imidazole rings is 1. The molecule has 0 amide bonds. The maximum absolute atomic E-state index is 4.33. The van der Waals surface area contributed by atoms with Crippen LogP contribution in [-0.4, -0.2) is 53.1 Å². The lowest BCUT2D eigenvalue weighted by atomic mass is 10.2. The van der Waals surface area contributed by atoms with E-state index in [1.165, 1.54) is 24.9 Å². The predicted molar refractivity (Wildman–Crippen MR) is 117 cm³/mol. The van der Waals surface area contributed by atoms with E-state index < -0.39 is 0 Å². The molecule has 1 aromatic heterocycles. The second kappa shape index (κ2) is 11.2. The van der Waals surface area contributed by atoms with Crippen molar-refractivity contribution in [2.75, 3.05) is 26.7 Å². The minimum Gasteiger partial charge on any atom is -0.355 e. The van der Waals surface area contributed by atoms with E-state index in [9.17, 15) is 0 Å². The van der Waals surface area contributed by atoms with Crippen molar-refractivity contribution in [3.05, 3.63) is 54.6 Å². The highest BCUT2D eigenvalue weighted by Crippen LogP contribution is 2.19. The number of aromatic nitrogens is 2. The molecule has 0 aliphatic carbocycles. The maximum Gasteiger partial charge on any atom is 0.191 e. The van der Waals surface area contributed by atoms with Gasteiger partial charge in [-0.3, -0.25) is 9.89 Å². The molecule has 0 bridgehead atoms. The van der Waals surface area contributed by atoms with Crippen molar-refractivity contribution in [3.8, 4) is 0 Å². The third-order valence-corrected chi connectivity index (χ3v) is 4.68. The Bertz CT molecular complexity index is 643. The Morgan fingerprint density at radius 3 is 2.85 bits per heavy atom. The Morgan fingerprint density at radius 2 is 2.12 bits per heavy atom. The van der Waals surface area contributed by atoms with Gasteiger partial charge in [-0.05, 0) is 24.9 Å². The van der Waals surface area contributed by atoms with Gasteiger partial charge in [0.2, 0.25) is 0 Å². The van der Waals surface area contributed by atoms with Crippen LogP contribution < -0.4 is 10.6 Å². The van der Waals surface area contributed by atoms with Gasteiger partial charge in [0.05, 0.1) is 6.33 Å². The SMILES string of the molecule is CN=C(NCCn1ccnc1)NCC1CCCN1Cc1ccccc1.I. The second-order valence-corrected chi connectivity index (χ2v) is 6.43. The lowest BCUT2D eigenvalue weighted by Gasteiger charge is -2.25. The average Bonchev–Trinajstić information content (AvgIpc) is 3.31. The van der Waals surface area contributed by atoms with E-state index in [0.717, 1.165) is 32.1 Å². The summed E-state index contributed by atoms with van der Waals surface area (Å²) < 4.78 is 2.05. The van der Waals surface area contributed by atoms with Gasteiger partial charge in [0.1, 0.15) is 0 Å². The number of nitrogens with zero attached hydrogens (tertiary/aromatic N) is 4. The molecular formula is C19H29IN6. The fourth-order valence-corrected chi connectivity index (χ4v) is 3.31. The van der Waals surface area contributed by atoms with E-state index in [1.807, 2.05) is 19.6 Å². The van der Waals surface area contributed by atoms with Crippen molar-refractivity contribution in [1.82, 2.24) is 25.1 Å². The van der Waals surface area contributed by atoms with Gasteiger partial charge in [-0.25, -0.2) is 4.98 Å². The van der Waals surface area contributed by atoms with Crippen LogP contribution in [0.5, 0.6) is 0 Å². The third-order valence-electron chi connectivity index (χ3n) is 4.68. The minimum absolute atomic E-state index is 0. The molecule has 1 aliphatic heterocycles. The molecule has 1 atom stereocenters. The first kappa shape index (κ1) is 20.7. The van der Waals surface area contributed by atoms with E-state index >= 15 is 0 Å². The highest BCUT2D eigenvalue weighted by Gasteiger charge is 2.24. The zero-order chi connectivity index (χ0) is 17.3. The number of aliphatic imine (C=N–C) groups is 1. The molecule has 6 nitrogen and oxygen atoms in total. The van der Waals surface area contributed by atoms with Crippen LogP contribution in [0.25, 0.3) is 0 Å². The number of nitrogens with one attached hydrogen (secondary N) is 2. The maximum atomic E-state index is 4.33. The molecule has 1 aromatic carbocycles. The Morgan fingerprint density at radius 1 is 1.27 bits per heavy atom. The average molecular weight is 468 g/mol. The van der Waals surface area contributed by atoms with Gasteiger partial charge in [0.15, 0.2) is 5.96 Å². The van der Waals surface area contributed by atoms with Crippen molar-refractivity contribution in [3.63, 3.8) is 0 Å². The normalized spacial score (nSPS) is 17.7. The summed E-state index contributed by atoms with van der Waals surface area (Å²) in [5.74, 6) is 0.867. The van der Waals surface area contributed by atoms with Gasteiger partial charge in [-0.2, -0.15) is 0 Å². The van der Waals surface area contributed by atoms with E-state index in [4.69, 9.17) is 0 Å². The van der Waals surface area contributed by atoms with Crippen molar-refractivity contribution < 1.29 is 0 Å². The van der Waals surface area contributed by atoms with Gasteiger partial charge in [0.25, 0.3) is 0 Å². The van der Waals surface area contributed by atoms with Crippen LogP contribution in [0.4, 0.5) is 0 Å². The molecule has 3 rings (SSSR count). The quantitative estimate of drug-likeness (QED) is 0.372. The number of rotatable bonds is 7. The van der Waals surface area contributed by atoms with Gasteiger partial charge in [-0.15, -0.1) is 24.0 Å². The number of hydrogen-bond acceptors (Lipinski definition) is 3. The Balaban J connectivity index is 0.00000243. The lowest BCUT2D eigenvalue weighted by molar-refractivity contribution is 0.245. The first-order valence-corrected chi connectivity index (χ1v) is 9.03. The lowest BCUT2D eigenvalue weighted by Crippen LogP contribution is -2.45. The largest absolute Gasteiger partial charge is 0.355 e. The summed E-state index contributed by atoms with van der Waals surface area (Å²) in [6.07, 6.45) is 8.11. The van der Waals surface area contributed by atoms with E-state index in [0.29, 0.717) is 6.04 Å². The monoisotopic (exact) mass is 468 g/mol. The van der Waals surface area contributed by atoms with E-state index in [-0.39, 0.29) is 24.0 Å². The molecule has 0 spiro atoms. The number of hydrogen-bond donors (Lipinski definition) is 2. The molecule has 1 saturated heterocycles. The number of halogens is 1. The topological polar surface area (TPSA) is 57.5 Å². The van der Waals surface area contributed by atoms with Crippen LogP contribution >= 0.6 is 24.0 Å². The molecule has 1 fully saturated rings. The highest BCUT2D eigenvalue weighted by molar-refractivity contribution is 14.0. The molecule has 7 heteroatoms. The molecule has 2 N–H and O–H groups in total. The smallest absolute Gasteiger partial charge is 0.191 e. The van der Waals surface area contributed by atoms with Gasteiger partial charge >= 0.3 is 0 Å². The van der Waals surface area contributed by atoms with Crippen molar-refractivity contribution in [2.45, 2.75) is 32.0 Å². The van der Waals surface area contributed by atoms with Crippen LogP contribution in [0.2, 0.25) is 0 Å². The number of likely N-dealkylation sites (tertiary alicyclic amines) is 1. The molecule has 0 saturated carbocycles. The minimum atomic E-state index is 0. The number of guanidine groups is 1. The predicted octanol–water partition coefficient (Wildman–Crippen LogP) is 2.33. The zero-order valence-corrected chi connectivity index (χ0v) is 17.7. The molecule has 1 unspecified atom stereocenters. The Hall–Kier alpha value is -1.61. The highest BCUT2D eigenvalue weighted by atomic mass is 127. The first-order valence-electron chi connectivity index (χ1n) is 9.03. The summed E-state index contributed by atoms with van der Waals surface area (Å²) in [6, 6.07) is 11.3. The van der Waals surface area contributed by atoms with Gasteiger partial charge in [-0.1, -0.05) is 30.3 Å². The first-order chi connectivity index (χ1) is 12.3. The summed E-state index contributed by atoms with van der Waals surface area (Å²) in [5, 5.41) is 6.85. The van der Waals surface area contributed by atoms with Crippen molar-refractivity contribution >= 4 is 29.9 Å². The fraction of sp³-hybridized carbons (Fsp3) is 0.474. The van der Waals surface area contributed by atoms with Crippen molar-refractivity contribution in [2.24, 2.45) is 4.99 Å². The standard InChI is InChI=1S/C19H28N6.HI/c1-20-19(22-10-13-24-12-9-21-16-24)23-14-18-8-5-11-25(18)15-17-6-3-2-4-7-17;/h2-4,6-7,9,12,16,18H,5,8,10-11,13-15H2,1H3,(H2,20,22,23);1H. The van der Waals surface area contributed by atoms with Crippen molar-refractivity contribution in [1.29, 1.82) is 0 Å². The van der Waals surface area contributed by atoms with Gasteiger partial charge in [0, 0.05) is 51.7 Å². The molecule has 2 heterocycles. The molecule has 2 aromatic rings. The summed E-state index contributed by atoms with van der Waals surface area (Å²) in [5.41, 5.74) is 1.39. The zero-order valence-electron chi connectivity index (χ0n) is 15.3. The molecule has 142 valence electrons. The molecule has 26 heavy (non-hydrogen) atoms. The van der Waals surface area contributed by atoms with E-state index in [1.54, 1.807) is 6.20 Å². The fourth-order valence-electron chi connectivity index (χ4n) is 3.31. The second-order valence-electron chi connectivity index (χ2n) is 6.43. The van der Waals surface area contributed by atoms with Crippen LogP contribution in [-0.2, 0) is 13.1 Å². The Kier molecular flexibility index (Phi) is 8.90. The molecular weight excluding hydrogens is 439 g/mol. The molecule has 0 radical (unpaired) electrons. The van der Waals surface area contributed by atoms with E-state index in [2.05, 4.69) is 60.4 Å². The summed E-state index contributed by atoms with van der Waals surface area (Å²) in [6.45, 7) is 4.84. The van der Waals surface area contributed by atoms with Gasteiger partial charge < -0.3 is 15.2 Å². The summed E-state index contributed by atoms with van der Waals surface area (Å²) in [7, 11) is 1.82. The molecule has 1 aliphatic rings. The summed E-state index contributed by atoms with van der Waals surface area (Å²) >= 11 is 0. The van der Waals surface area contributed by atoms with Crippen LogP contribution in [0.3, 0.4) is 0 Å². The third kappa shape index (κ3) is 6.28. The Labute approximate surface area is 173 Å². The van der Waals surface area contributed by atoms with Crippen LogP contribution in [0.15, 0.2) is 54.0 Å². The van der Waals surface area contributed by atoms with Crippen LogP contribution in [0, 0.1) is 0 Å². The number of benzene rings is 1. The van der Waals surface area contributed by atoms with Crippen LogP contribution in [0.1, 0.15) is 18.4 Å².